The first kappa shape index (κ1) is 21.6. The van der Waals surface area contributed by atoms with E-state index < -0.39 is 36.6 Å². The molecule has 1 unspecified atom stereocenters. The van der Waals surface area contributed by atoms with Crippen molar-refractivity contribution in [2.75, 3.05) is 0 Å². The van der Waals surface area contributed by atoms with Crippen LogP contribution in [0.5, 0.6) is 0 Å². The van der Waals surface area contributed by atoms with E-state index in [0.29, 0.717) is 0 Å². The van der Waals surface area contributed by atoms with Gasteiger partial charge in [-0.05, 0) is 72.8 Å². The van der Waals surface area contributed by atoms with Gasteiger partial charge in [-0.3, -0.25) is 0 Å². The first-order valence-electron chi connectivity index (χ1n) is 10.2. The van der Waals surface area contributed by atoms with Crippen LogP contribution in [0.3, 0.4) is 0 Å². The maximum absolute atomic E-state index is 6.39. The zero-order chi connectivity index (χ0) is 21.0. The van der Waals surface area contributed by atoms with Crippen molar-refractivity contribution in [1.29, 1.82) is 0 Å². The highest BCUT2D eigenvalue weighted by molar-refractivity contribution is 6.60. The molecule has 2 heterocycles. The van der Waals surface area contributed by atoms with E-state index in [1.807, 2.05) is 18.2 Å². The van der Waals surface area contributed by atoms with Crippen LogP contribution in [0, 0.1) is 0 Å². The second-order valence-electron chi connectivity index (χ2n) is 10.1. The van der Waals surface area contributed by atoms with Gasteiger partial charge >= 0.3 is 14.2 Å². The van der Waals surface area contributed by atoms with Crippen molar-refractivity contribution in [3.63, 3.8) is 0 Å². The molecule has 0 radical (unpaired) electrons. The predicted molar refractivity (Wildman–Crippen MR) is 115 cm³/mol. The van der Waals surface area contributed by atoms with E-state index in [9.17, 15) is 0 Å². The largest absolute Gasteiger partial charge is 0.489 e. The van der Waals surface area contributed by atoms with Crippen LogP contribution in [0.1, 0.15) is 61.0 Å². The fourth-order valence-corrected chi connectivity index (χ4v) is 3.49. The van der Waals surface area contributed by atoms with Gasteiger partial charge in [0.15, 0.2) is 0 Å². The van der Waals surface area contributed by atoms with Crippen LogP contribution >= 0.6 is 0 Å². The summed E-state index contributed by atoms with van der Waals surface area (Å²) in [6.45, 7) is 20.9. The van der Waals surface area contributed by atoms with E-state index in [0.717, 1.165) is 11.9 Å². The van der Waals surface area contributed by atoms with Crippen LogP contribution in [0.25, 0.3) is 0 Å². The van der Waals surface area contributed by atoms with Crippen LogP contribution in [0.4, 0.5) is 0 Å². The lowest BCUT2D eigenvalue weighted by atomic mass is 9.56. The molecule has 152 valence electrons. The second-order valence-corrected chi connectivity index (χ2v) is 10.1. The number of hydrogen-bond donors (Lipinski definition) is 0. The molecule has 3 rings (SSSR count). The Kier molecular flexibility index (Phi) is 5.42. The van der Waals surface area contributed by atoms with E-state index in [-0.39, 0.29) is 5.82 Å². The fourth-order valence-electron chi connectivity index (χ4n) is 3.49. The molecule has 0 spiro atoms. The standard InChI is InChI=1S/C22H34B2O4/c1-16(23-25-19(2,3)20(4,5)26-23)18(15-17-13-11-10-12-14-17)24-27-21(6,7)22(8,9)28-24/h10-14,18H,1,15H2,2-9H3. The van der Waals surface area contributed by atoms with Gasteiger partial charge in [0.05, 0.1) is 22.4 Å². The highest BCUT2D eigenvalue weighted by Crippen LogP contribution is 2.46. The van der Waals surface area contributed by atoms with Crippen molar-refractivity contribution < 1.29 is 18.6 Å². The first-order valence-corrected chi connectivity index (χ1v) is 10.2. The van der Waals surface area contributed by atoms with Crippen LogP contribution in [-0.2, 0) is 25.0 Å². The van der Waals surface area contributed by atoms with Gasteiger partial charge in [-0.1, -0.05) is 30.3 Å². The van der Waals surface area contributed by atoms with Crippen molar-refractivity contribution in [3.05, 3.63) is 47.9 Å². The summed E-state index contributed by atoms with van der Waals surface area (Å²) in [5, 5.41) is 0. The van der Waals surface area contributed by atoms with E-state index in [1.165, 1.54) is 5.56 Å². The van der Waals surface area contributed by atoms with Crippen LogP contribution in [0.2, 0.25) is 5.82 Å². The molecule has 2 fully saturated rings. The summed E-state index contributed by atoms with van der Waals surface area (Å²) in [6, 6.07) is 10.4. The molecular weight excluding hydrogens is 350 g/mol. The lowest BCUT2D eigenvalue weighted by Gasteiger charge is -2.32. The summed E-state index contributed by atoms with van der Waals surface area (Å²) in [5.74, 6) is -0.0850. The predicted octanol–water partition coefficient (Wildman–Crippen LogP) is 4.88. The Morgan fingerprint density at radius 3 is 1.68 bits per heavy atom. The second kappa shape index (κ2) is 7.02. The molecule has 0 saturated carbocycles. The normalized spacial score (nSPS) is 25.7. The topological polar surface area (TPSA) is 36.9 Å². The summed E-state index contributed by atoms with van der Waals surface area (Å²) in [7, 11) is -0.894. The molecule has 1 aromatic carbocycles. The fraction of sp³-hybridized carbons (Fsp3) is 0.636. The Morgan fingerprint density at radius 1 is 0.786 bits per heavy atom. The molecule has 0 amide bonds. The Hall–Kier alpha value is -1.07. The summed E-state index contributed by atoms with van der Waals surface area (Å²) in [5.41, 5.74) is 0.453. The summed E-state index contributed by atoms with van der Waals surface area (Å²) in [6.07, 6.45) is 0.751. The van der Waals surface area contributed by atoms with Gasteiger partial charge in [0.1, 0.15) is 0 Å². The van der Waals surface area contributed by atoms with Crippen molar-refractivity contribution in [2.45, 2.75) is 90.0 Å². The molecule has 2 saturated heterocycles. The van der Waals surface area contributed by atoms with Gasteiger partial charge < -0.3 is 18.6 Å². The zero-order valence-electron chi connectivity index (χ0n) is 18.7. The molecule has 2 aliphatic heterocycles. The molecule has 0 N–H and O–H groups in total. The lowest BCUT2D eigenvalue weighted by Crippen LogP contribution is -2.41. The van der Waals surface area contributed by atoms with Gasteiger partial charge in [-0.25, -0.2) is 0 Å². The van der Waals surface area contributed by atoms with Crippen molar-refractivity contribution in [3.8, 4) is 0 Å². The van der Waals surface area contributed by atoms with Gasteiger partial charge in [-0.2, -0.15) is 0 Å². The van der Waals surface area contributed by atoms with Crippen LogP contribution in [-0.4, -0.2) is 36.6 Å². The quantitative estimate of drug-likeness (QED) is 0.679. The number of hydrogen-bond acceptors (Lipinski definition) is 4. The molecule has 0 aromatic heterocycles. The third-order valence-corrected chi connectivity index (χ3v) is 6.93. The van der Waals surface area contributed by atoms with Crippen LogP contribution in [0.15, 0.2) is 42.4 Å². The zero-order valence-corrected chi connectivity index (χ0v) is 18.7. The highest BCUT2D eigenvalue weighted by atomic mass is 16.7. The molecular formula is C22H34B2O4. The molecule has 28 heavy (non-hydrogen) atoms. The third-order valence-electron chi connectivity index (χ3n) is 6.93. The summed E-state index contributed by atoms with van der Waals surface area (Å²) in [4.78, 5) is 0. The SMILES string of the molecule is C=C(B1OC(C)(C)C(C)(C)O1)C(Cc1ccccc1)B1OC(C)(C)C(C)(C)O1. The van der Waals surface area contributed by atoms with E-state index in [4.69, 9.17) is 18.6 Å². The van der Waals surface area contributed by atoms with E-state index in [1.54, 1.807) is 0 Å². The van der Waals surface area contributed by atoms with E-state index in [2.05, 4.69) is 74.1 Å². The third kappa shape index (κ3) is 3.85. The smallest absolute Gasteiger partial charge is 0.403 e. The number of benzene rings is 1. The van der Waals surface area contributed by atoms with Crippen LogP contribution < -0.4 is 0 Å². The molecule has 0 aliphatic carbocycles. The summed E-state index contributed by atoms with van der Waals surface area (Å²) >= 11 is 0. The average molecular weight is 384 g/mol. The maximum Gasteiger partial charge on any atom is 0.489 e. The Bertz CT molecular complexity index is 695. The number of allylic oxidation sites excluding steroid dienone is 1. The summed E-state index contributed by atoms with van der Waals surface area (Å²) < 4.78 is 25.3. The monoisotopic (exact) mass is 384 g/mol. The molecule has 1 atom stereocenters. The van der Waals surface area contributed by atoms with E-state index >= 15 is 0 Å². The van der Waals surface area contributed by atoms with Gasteiger partial charge in [0.25, 0.3) is 0 Å². The first-order chi connectivity index (χ1) is 12.8. The average Bonchev–Trinajstić information content (AvgIpc) is 2.92. The Labute approximate surface area is 171 Å². The van der Waals surface area contributed by atoms with Gasteiger partial charge in [0, 0.05) is 5.82 Å². The Balaban J connectivity index is 1.88. The highest BCUT2D eigenvalue weighted by Gasteiger charge is 2.58. The number of rotatable bonds is 5. The van der Waals surface area contributed by atoms with Gasteiger partial charge in [0.2, 0.25) is 0 Å². The molecule has 6 heteroatoms. The minimum absolute atomic E-state index is 0.0850. The Morgan fingerprint density at radius 2 is 1.21 bits per heavy atom. The minimum Gasteiger partial charge on any atom is -0.403 e. The molecule has 1 aromatic rings. The molecule has 2 aliphatic rings. The molecule has 0 bridgehead atoms. The minimum atomic E-state index is -0.488. The van der Waals surface area contributed by atoms with Crippen molar-refractivity contribution >= 4 is 14.2 Å². The van der Waals surface area contributed by atoms with Crippen molar-refractivity contribution in [2.24, 2.45) is 0 Å². The lowest BCUT2D eigenvalue weighted by molar-refractivity contribution is 0.00578. The van der Waals surface area contributed by atoms with Gasteiger partial charge in [-0.15, -0.1) is 6.58 Å². The maximum atomic E-state index is 6.39. The molecule has 4 nitrogen and oxygen atoms in total. The van der Waals surface area contributed by atoms with Crippen molar-refractivity contribution in [1.82, 2.24) is 0 Å².